The van der Waals surface area contributed by atoms with Crippen LogP contribution in [0.25, 0.3) is 10.8 Å². The minimum absolute atomic E-state index is 0.258. The van der Waals surface area contributed by atoms with Crippen LogP contribution in [-0.2, 0) is 0 Å². The molecule has 2 N–H and O–H groups in total. The molecule has 27 heavy (non-hydrogen) atoms. The Balaban J connectivity index is 1.65. The lowest BCUT2D eigenvalue weighted by Crippen LogP contribution is -2.12. The first kappa shape index (κ1) is 17.6. The lowest BCUT2D eigenvalue weighted by molar-refractivity contribution is 0.423. The summed E-state index contributed by atoms with van der Waals surface area (Å²) in [4.78, 5) is 8.91. The predicted molar refractivity (Wildman–Crippen MR) is 113 cm³/mol. The lowest BCUT2D eigenvalue weighted by Gasteiger charge is -2.14. The summed E-state index contributed by atoms with van der Waals surface area (Å²) < 4.78 is 0. The van der Waals surface area contributed by atoms with Gasteiger partial charge in [-0.15, -0.1) is 0 Å². The number of nitrogens with two attached hydrogens (primary N) is 1. The molecule has 4 rings (SSSR count). The highest BCUT2D eigenvalue weighted by Crippen LogP contribution is 2.30. The summed E-state index contributed by atoms with van der Waals surface area (Å²) in [7, 11) is 0. The molecule has 3 aromatic rings. The Morgan fingerprint density at radius 1 is 1.04 bits per heavy atom. The summed E-state index contributed by atoms with van der Waals surface area (Å²) in [5, 5.41) is 2.42. The second-order valence-corrected chi connectivity index (χ2v) is 8.06. The molecular formula is C23H20ClN3. The number of hydrogen-bond donors (Lipinski definition) is 1. The van der Waals surface area contributed by atoms with E-state index in [-0.39, 0.29) is 5.41 Å². The zero-order valence-electron chi connectivity index (χ0n) is 15.4. The van der Waals surface area contributed by atoms with Gasteiger partial charge in [0, 0.05) is 39.8 Å². The quantitative estimate of drug-likeness (QED) is 0.604. The van der Waals surface area contributed by atoms with E-state index in [0.717, 1.165) is 29.3 Å². The average molecular weight is 374 g/mol. The Labute approximate surface area is 164 Å². The zero-order chi connectivity index (χ0) is 19.0. The number of nitrogen functional groups attached to an aromatic ring is 1. The minimum atomic E-state index is 0.258. The van der Waals surface area contributed by atoms with Gasteiger partial charge in [-0.25, -0.2) is 4.98 Å². The Kier molecular flexibility index (Phi) is 4.37. The minimum Gasteiger partial charge on any atom is -0.383 e. The number of fused-ring (bicyclic) bond motifs is 1. The summed E-state index contributed by atoms with van der Waals surface area (Å²) in [6.07, 6.45) is 2.70. The molecule has 0 saturated carbocycles. The molecule has 0 unspecified atom stereocenters. The Morgan fingerprint density at radius 3 is 2.52 bits per heavy atom. The monoisotopic (exact) mass is 373 g/mol. The van der Waals surface area contributed by atoms with Gasteiger partial charge in [0.15, 0.2) is 0 Å². The maximum Gasteiger partial charge on any atom is 0.139 e. The van der Waals surface area contributed by atoms with E-state index in [1.807, 2.05) is 30.3 Å². The van der Waals surface area contributed by atoms with Gasteiger partial charge in [-0.3, -0.25) is 4.99 Å². The van der Waals surface area contributed by atoms with E-state index in [9.17, 15) is 0 Å². The highest BCUT2D eigenvalue weighted by Gasteiger charge is 2.26. The van der Waals surface area contributed by atoms with Crippen LogP contribution in [0.1, 0.15) is 37.0 Å². The molecule has 4 heteroatoms. The van der Waals surface area contributed by atoms with Crippen molar-refractivity contribution in [2.75, 3.05) is 12.3 Å². The van der Waals surface area contributed by atoms with Crippen molar-refractivity contribution in [1.82, 2.24) is 4.98 Å². The van der Waals surface area contributed by atoms with Crippen LogP contribution in [0.4, 0.5) is 5.82 Å². The second kappa shape index (κ2) is 6.72. The molecule has 134 valence electrons. The van der Waals surface area contributed by atoms with Crippen molar-refractivity contribution < 1.29 is 0 Å². The largest absolute Gasteiger partial charge is 0.383 e. The Bertz CT molecular complexity index is 1120. The van der Waals surface area contributed by atoms with Crippen LogP contribution in [0, 0.1) is 17.3 Å². The number of nitrogens with zero attached hydrogens (tertiary/aromatic N) is 2. The van der Waals surface area contributed by atoms with Gasteiger partial charge < -0.3 is 5.73 Å². The van der Waals surface area contributed by atoms with Crippen LogP contribution in [-0.4, -0.2) is 17.2 Å². The molecule has 0 fully saturated rings. The number of benzene rings is 2. The fraction of sp³-hybridized carbons (Fsp3) is 0.217. The molecule has 1 aromatic heterocycles. The van der Waals surface area contributed by atoms with Gasteiger partial charge in [-0.1, -0.05) is 61.6 Å². The van der Waals surface area contributed by atoms with Crippen LogP contribution >= 0.6 is 11.6 Å². The maximum absolute atomic E-state index is 6.26. The molecule has 0 amide bonds. The molecule has 2 heterocycles. The SMILES string of the molecule is CC1(C)CN=C(c2ccc(C#Cc3c(N)ncc4c(Cl)cccc34)cc2)C1. The molecule has 2 aromatic carbocycles. The van der Waals surface area contributed by atoms with Crippen LogP contribution in [0.3, 0.4) is 0 Å². The van der Waals surface area contributed by atoms with Gasteiger partial charge in [0.2, 0.25) is 0 Å². The van der Waals surface area contributed by atoms with E-state index < -0.39 is 0 Å². The summed E-state index contributed by atoms with van der Waals surface area (Å²) in [6, 6.07) is 13.9. The van der Waals surface area contributed by atoms with Gasteiger partial charge in [0.1, 0.15) is 5.82 Å². The molecule has 1 aliphatic rings. The molecule has 0 aliphatic carbocycles. The number of halogens is 1. The number of hydrogen-bond acceptors (Lipinski definition) is 3. The first-order valence-electron chi connectivity index (χ1n) is 8.91. The normalized spacial score (nSPS) is 15.3. The van der Waals surface area contributed by atoms with Crippen molar-refractivity contribution in [3.8, 4) is 11.8 Å². The van der Waals surface area contributed by atoms with E-state index >= 15 is 0 Å². The highest BCUT2D eigenvalue weighted by atomic mass is 35.5. The molecule has 1 aliphatic heterocycles. The zero-order valence-corrected chi connectivity index (χ0v) is 16.1. The van der Waals surface area contributed by atoms with E-state index in [2.05, 4.69) is 47.8 Å². The second-order valence-electron chi connectivity index (χ2n) is 7.65. The van der Waals surface area contributed by atoms with E-state index in [4.69, 9.17) is 17.3 Å². The number of aromatic nitrogens is 1. The van der Waals surface area contributed by atoms with E-state index in [1.165, 1.54) is 11.3 Å². The van der Waals surface area contributed by atoms with Crippen LogP contribution in [0.5, 0.6) is 0 Å². The van der Waals surface area contributed by atoms with E-state index in [0.29, 0.717) is 16.4 Å². The van der Waals surface area contributed by atoms with Gasteiger partial charge in [-0.05, 0) is 35.6 Å². The summed E-state index contributed by atoms with van der Waals surface area (Å²) >= 11 is 6.26. The topological polar surface area (TPSA) is 51.3 Å². The molecule has 0 bridgehead atoms. The Hall–Kier alpha value is -2.83. The third-order valence-corrected chi connectivity index (χ3v) is 5.13. The molecule has 3 nitrogen and oxygen atoms in total. The summed E-state index contributed by atoms with van der Waals surface area (Å²) in [6.45, 7) is 5.39. The molecule has 0 spiro atoms. The first-order chi connectivity index (χ1) is 12.9. The van der Waals surface area contributed by atoms with Crippen LogP contribution < -0.4 is 5.73 Å². The molecule has 0 atom stereocenters. The highest BCUT2D eigenvalue weighted by molar-refractivity contribution is 6.35. The van der Waals surface area contributed by atoms with Crippen molar-refractivity contribution >= 4 is 33.9 Å². The molecule has 0 saturated heterocycles. The van der Waals surface area contributed by atoms with Crippen molar-refractivity contribution in [3.05, 3.63) is 70.4 Å². The van der Waals surface area contributed by atoms with Crippen LogP contribution in [0.15, 0.2) is 53.7 Å². The van der Waals surface area contributed by atoms with Crippen molar-refractivity contribution in [2.24, 2.45) is 10.4 Å². The van der Waals surface area contributed by atoms with E-state index in [1.54, 1.807) is 6.20 Å². The lowest BCUT2D eigenvalue weighted by atomic mass is 9.88. The van der Waals surface area contributed by atoms with Crippen LogP contribution in [0.2, 0.25) is 5.02 Å². The van der Waals surface area contributed by atoms with Crippen molar-refractivity contribution in [1.29, 1.82) is 0 Å². The van der Waals surface area contributed by atoms with Crippen molar-refractivity contribution in [2.45, 2.75) is 20.3 Å². The molecular weight excluding hydrogens is 354 g/mol. The predicted octanol–water partition coefficient (Wildman–Crippen LogP) is 5.09. The third kappa shape index (κ3) is 3.54. The number of rotatable bonds is 1. The van der Waals surface area contributed by atoms with Gasteiger partial charge >= 0.3 is 0 Å². The fourth-order valence-electron chi connectivity index (χ4n) is 3.30. The third-order valence-electron chi connectivity index (χ3n) is 4.81. The molecule has 0 radical (unpaired) electrons. The van der Waals surface area contributed by atoms with Gasteiger partial charge in [-0.2, -0.15) is 0 Å². The maximum atomic E-state index is 6.26. The Morgan fingerprint density at radius 2 is 1.81 bits per heavy atom. The summed E-state index contributed by atoms with van der Waals surface area (Å²) in [5.41, 5.74) is 10.3. The van der Waals surface area contributed by atoms with Crippen molar-refractivity contribution in [3.63, 3.8) is 0 Å². The number of pyridine rings is 1. The standard InChI is InChI=1S/C23H20ClN3/c1-23(2)12-21(27-14-23)16-9-6-15(7-10-16)8-11-18-17-4-3-5-20(24)19(17)13-26-22(18)25/h3-7,9-10,13H,12,14H2,1-2H3,(H2,25,26). The first-order valence-corrected chi connectivity index (χ1v) is 9.29. The number of aliphatic imine (C=N–C) groups is 1. The average Bonchev–Trinajstić information content (AvgIpc) is 3.01. The van der Waals surface area contributed by atoms with Gasteiger partial charge in [0.25, 0.3) is 0 Å². The fourth-order valence-corrected chi connectivity index (χ4v) is 3.53. The number of anilines is 1. The smallest absolute Gasteiger partial charge is 0.139 e. The summed E-state index contributed by atoms with van der Waals surface area (Å²) in [5.74, 6) is 6.78. The van der Waals surface area contributed by atoms with Gasteiger partial charge in [0.05, 0.1) is 5.56 Å².